The second kappa shape index (κ2) is 6.42. The summed E-state index contributed by atoms with van der Waals surface area (Å²) in [6.07, 6.45) is 0. The summed E-state index contributed by atoms with van der Waals surface area (Å²) in [5, 5.41) is 3.41. The van der Waals surface area contributed by atoms with Gasteiger partial charge in [-0.3, -0.25) is 0 Å². The average molecular weight is 277 g/mol. The zero-order valence-electron chi connectivity index (χ0n) is 12.2. The molecule has 106 valence electrons. The Balaban J connectivity index is 1.57. The standard InChI is InChI=1S/C19H19NO/c1-15-7-9-16(10-8-15)13-20-14-18-11-12-19(21-18)17-5-3-2-4-6-17/h2-12,20H,13-14H2,1H3. The Morgan fingerprint density at radius 2 is 1.57 bits per heavy atom. The van der Waals surface area contributed by atoms with E-state index in [2.05, 4.69) is 48.6 Å². The lowest BCUT2D eigenvalue weighted by molar-refractivity contribution is 0.493. The van der Waals surface area contributed by atoms with Crippen molar-refractivity contribution >= 4 is 0 Å². The van der Waals surface area contributed by atoms with E-state index in [-0.39, 0.29) is 0 Å². The summed E-state index contributed by atoms with van der Waals surface area (Å²) < 4.78 is 5.86. The number of benzene rings is 2. The van der Waals surface area contributed by atoms with Gasteiger partial charge in [0.2, 0.25) is 0 Å². The smallest absolute Gasteiger partial charge is 0.134 e. The van der Waals surface area contributed by atoms with E-state index in [1.807, 2.05) is 30.3 Å². The molecule has 1 heterocycles. The van der Waals surface area contributed by atoms with E-state index in [0.717, 1.165) is 30.2 Å². The quantitative estimate of drug-likeness (QED) is 0.740. The molecule has 0 aliphatic heterocycles. The monoisotopic (exact) mass is 277 g/mol. The van der Waals surface area contributed by atoms with Crippen LogP contribution >= 0.6 is 0 Å². The lowest BCUT2D eigenvalue weighted by Crippen LogP contribution is -2.11. The molecule has 0 spiro atoms. The van der Waals surface area contributed by atoms with Gasteiger partial charge in [0.05, 0.1) is 6.54 Å². The third-order valence-corrected chi connectivity index (χ3v) is 3.47. The molecule has 0 bridgehead atoms. The average Bonchev–Trinajstić information content (AvgIpc) is 2.99. The van der Waals surface area contributed by atoms with E-state index >= 15 is 0 Å². The molecule has 0 saturated carbocycles. The van der Waals surface area contributed by atoms with E-state index < -0.39 is 0 Å². The van der Waals surface area contributed by atoms with Crippen LogP contribution in [0.3, 0.4) is 0 Å². The molecule has 21 heavy (non-hydrogen) atoms. The molecule has 1 N–H and O–H groups in total. The van der Waals surface area contributed by atoms with Gasteiger partial charge in [-0.1, -0.05) is 60.2 Å². The Morgan fingerprint density at radius 3 is 2.33 bits per heavy atom. The first-order valence-electron chi connectivity index (χ1n) is 7.22. The summed E-state index contributed by atoms with van der Waals surface area (Å²) in [4.78, 5) is 0. The maximum atomic E-state index is 5.86. The van der Waals surface area contributed by atoms with Crippen molar-refractivity contribution in [3.8, 4) is 11.3 Å². The van der Waals surface area contributed by atoms with Crippen LogP contribution < -0.4 is 5.32 Å². The van der Waals surface area contributed by atoms with Crippen molar-refractivity contribution in [3.63, 3.8) is 0 Å². The van der Waals surface area contributed by atoms with Gasteiger partial charge >= 0.3 is 0 Å². The molecular formula is C19H19NO. The summed E-state index contributed by atoms with van der Waals surface area (Å²) in [6.45, 7) is 3.69. The number of nitrogens with one attached hydrogen (secondary N) is 1. The third-order valence-electron chi connectivity index (χ3n) is 3.47. The van der Waals surface area contributed by atoms with E-state index in [0.29, 0.717) is 0 Å². The van der Waals surface area contributed by atoms with Crippen molar-refractivity contribution in [2.75, 3.05) is 0 Å². The fourth-order valence-corrected chi connectivity index (χ4v) is 2.27. The molecule has 0 aliphatic carbocycles. The van der Waals surface area contributed by atoms with Crippen LogP contribution in [0.1, 0.15) is 16.9 Å². The topological polar surface area (TPSA) is 25.2 Å². The van der Waals surface area contributed by atoms with Gasteiger partial charge in [0.15, 0.2) is 0 Å². The SMILES string of the molecule is Cc1ccc(CNCc2ccc(-c3ccccc3)o2)cc1. The van der Waals surface area contributed by atoms with E-state index in [1.54, 1.807) is 0 Å². The number of hydrogen-bond acceptors (Lipinski definition) is 2. The summed E-state index contributed by atoms with van der Waals surface area (Å²) in [5.41, 5.74) is 3.69. The fourth-order valence-electron chi connectivity index (χ4n) is 2.27. The van der Waals surface area contributed by atoms with Crippen molar-refractivity contribution in [1.82, 2.24) is 5.32 Å². The second-order valence-corrected chi connectivity index (χ2v) is 5.22. The van der Waals surface area contributed by atoms with Gasteiger partial charge < -0.3 is 9.73 Å². The Labute approximate surface area is 125 Å². The summed E-state index contributed by atoms with van der Waals surface area (Å²) in [5.74, 6) is 1.88. The normalized spacial score (nSPS) is 10.7. The van der Waals surface area contributed by atoms with E-state index in [9.17, 15) is 0 Å². The van der Waals surface area contributed by atoms with Gasteiger partial charge in [-0.2, -0.15) is 0 Å². The molecule has 2 nitrogen and oxygen atoms in total. The van der Waals surface area contributed by atoms with Gasteiger partial charge in [-0.15, -0.1) is 0 Å². The molecule has 2 heteroatoms. The fraction of sp³-hybridized carbons (Fsp3) is 0.158. The molecule has 0 amide bonds. The first-order chi connectivity index (χ1) is 10.3. The summed E-state index contributed by atoms with van der Waals surface area (Å²) >= 11 is 0. The minimum Gasteiger partial charge on any atom is -0.460 e. The number of aryl methyl sites for hydroxylation is 1. The predicted molar refractivity (Wildman–Crippen MR) is 85.9 cm³/mol. The summed E-state index contributed by atoms with van der Waals surface area (Å²) in [6, 6.07) is 22.8. The van der Waals surface area contributed by atoms with Gasteiger partial charge in [-0.25, -0.2) is 0 Å². The summed E-state index contributed by atoms with van der Waals surface area (Å²) in [7, 11) is 0. The molecule has 3 rings (SSSR count). The minimum atomic E-state index is 0.737. The molecule has 0 fully saturated rings. The van der Waals surface area contributed by atoms with Crippen LogP contribution in [0, 0.1) is 6.92 Å². The molecule has 0 saturated heterocycles. The zero-order chi connectivity index (χ0) is 14.5. The van der Waals surface area contributed by atoms with Crippen LogP contribution in [0.5, 0.6) is 0 Å². The zero-order valence-corrected chi connectivity index (χ0v) is 12.2. The molecule has 3 aromatic rings. The van der Waals surface area contributed by atoms with Gasteiger partial charge in [0.25, 0.3) is 0 Å². The van der Waals surface area contributed by atoms with Crippen LogP contribution in [0.2, 0.25) is 0 Å². The van der Waals surface area contributed by atoms with Crippen molar-refractivity contribution < 1.29 is 4.42 Å². The van der Waals surface area contributed by atoms with Gasteiger partial charge in [-0.05, 0) is 24.6 Å². The largest absolute Gasteiger partial charge is 0.460 e. The van der Waals surface area contributed by atoms with Crippen LogP contribution in [0.4, 0.5) is 0 Å². The molecular weight excluding hydrogens is 258 g/mol. The lowest BCUT2D eigenvalue weighted by Gasteiger charge is -2.03. The molecule has 0 unspecified atom stereocenters. The van der Waals surface area contributed by atoms with Crippen molar-refractivity contribution in [3.05, 3.63) is 83.6 Å². The second-order valence-electron chi connectivity index (χ2n) is 5.22. The lowest BCUT2D eigenvalue weighted by atomic mass is 10.1. The van der Waals surface area contributed by atoms with E-state index in [4.69, 9.17) is 4.42 Å². The first-order valence-corrected chi connectivity index (χ1v) is 7.22. The number of furan rings is 1. The van der Waals surface area contributed by atoms with E-state index in [1.165, 1.54) is 11.1 Å². The molecule has 0 atom stereocenters. The third kappa shape index (κ3) is 3.61. The van der Waals surface area contributed by atoms with Gasteiger partial charge in [0, 0.05) is 12.1 Å². The van der Waals surface area contributed by atoms with Crippen molar-refractivity contribution in [2.45, 2.75) is 20.0 Å². The molecule has 1 aromatic heterocycles. The Kier molecular flexibility index (Phi) is 4.17. The van der Waals surface area contributed by atoms with Crippen LogP contribution in [-0.4, -0.2) is 0 Å². The molecule has 2 aromatic carbocycles. The molecule has 0 radical (unpaired) electrons. The number of hydrogen-bond donors (Lipinski definition) is 1. The highest BCUT2D eigenvalue weighted by atomic mass is 16.3. The maximum absolute atomic E-state index is 5.86. The van der Waals surface area contributed by atoms with Crippen LogP contribution in [0.25, 0.3) is 11.3 Å². The van der Waals surface area contributed by atoms with Crippen LogP contribution in [0.15, 0.2) is 71.1 Å². The highest BCUT2D eigenvalue weighted by Gasteiger charge is 2.03. The van der Waals surface area contributed by atoms with Crippen LogP contribution in [-0.2, 0) is 13.1 Å². The maximum Gasteiger partial charge on any atom is 0.134 e. The predicted octanol–water partition coefficient (Wildman–Crippen LogP) is 4.54. The Morgan fingerprint density at radius 1 is 0.810 bits per heavy atom. The van der Waals surface area contributed by atoms with Crippen molar-refractivity contribution in [2.24, 2.45) is 0 Å². The Bertz CT molecular complexity index is 683. The first kappa shape index (κ1) is 13.7. The van der Waals surface area contributed by atoms with Gasteiger partial charge in [0.1, 0.15) is 11.5 Å². The number of rotatable bonds is 5. The molecule has 0 aliphatic rings. The highest BCUT2D eigenvalue weighted by Crippen LogP contribution is 2.21. The Hall–Kier alpha value is -2.32. The highest BCUT2D eigenvalue weighted by molar-refractivity contribution is 5.57. The minimum absolute atomic E-state index is 0.737. The van der Waals surface area contributed by atoms with Crippen molar-refractivity contribution in [1.29, 1.82) is 0 Å².